The molecule has 5 heteroatoms. The number of fused-ring (bicyclic) bond motifs is 1. The normalized spacial score (nSPS) is 18.1. The van der Waals surface area contributed by atoms with E-state index in [-0.39, 0.29) is 11.9 Å². The van der Waals surface area contributed by atoms with Crippen LogP contribution in [0.3, 0.4) is 0 Å². The highest BCUT2D eigenvalue weighted by atomic mass is 32.1. The van der Waals surface area contributed by atoms with Gasteiger partial charge in [0.15, 0.2) is 0 Å². The lowest BCUT2D eigenvalue weighted by atomic mass is 9.98. The van der Waals surface area contributed by atoms with Crippen molar-refractivity contribution in [1.82, 2.24) is 10.2 Å². The van der Waals surface area contributed by atoms with Gasteiger partial charge in [0.25, 0.3) is 0 Å². The zero-order valence-electron chi connectivity index (χ0n) is 13.7. The number of hydrogen-bond acceptors (Lipinski definition) is 4. The van der Waals surface area contributed by atoms with Gasteiger partial charge in [0.05, 0.1) is 12.6 Å². The third-order valence-corrected chi connectivity index (χ3v) is 6.50. The molecule has 0 aliphatic carbocycles. The summed E-state index contributed by atoms with van der Waals surface area (Å²) in [5, 5.41) is 7.48. The molecule has 0 fully saturated rings. The predicted octanol–water partition coefficient (Wildman–Crippen LogP) is 4.06. The van der Waals surface area contributed by atoms with Crippen LogP contribution in [0.1, 0.15) is 48.0 Å². The second-order valence-electron chi connectivity index (χ2n) is 6.02. The van der Waals surface area contributed by atoms with Gasteiger partial charge in [-0.15, -0.1) is 22.7 Å². The molecule has 0 saturated heterocycles. The largest absolute Gasteiger partial charge is 0.352 e. The molecule has 0 bridgehead atoms. The summed E-state index contributed by atoms with van der Waals surface area (Å²) >= 11 is 3.62. The van der Waals surface area contributed by atoms with Gasteiger partial charge in [0, 0.05) is 22.3 Å². The summed E-state index contributed by atoms with van der Waals surface area (Å²) in [4.78, 5) is 17.6. The van der Waals surface area contributed by atoms with E-state index in [0.29, 0.717) is 12.6 Å². The molecule has 3 heterocycles. The minimum atomic E-state index is 0.152. The lowest BCUT2D eigenvalue weighted by Crippen LogP contribution is -2.45. The molecule has 1 aliphatic rings. The van der Waals surface area contributed by atoms with Crippen molar-refractivity contribution in [1.29, 1.82) is 0 Å². The molecule has 2 aromatic heterocycles. The van der Waals surface area contributed by atoms with Crippen molar-refractivity contribution < 1.29 is 4.79 Å². The predicted molar refractivity (Wildman–Crippen MR) is 98.3 cm³/mol. The zero-order chi connectivity index (χ0) is 16.2. The third-order valence-electron chi connectivity index (χ3n) is 4.58. The summed E-state index contributed by atoms with van der Waals surface area (Å²) in [7, 11) is 0. The van der Waals surface area contributed by atoms with Crippen molar-refractivity contribution in [3.8, 4) is 0 Å². The summed E-state index contributed by atoms with van der Waals surface area (Å²) in [6.07, 6.45) is 3.03. The van der Waals surface area contributed by atoms with Crippen LogP contribution in [0.15, 0.2) is 29.0 Å². The van der Waals surface area contributed by atoms with Crippen molar-refractivity contribution in [2.24, 2.45) is 0 Å². The number of amides is 1. The van der Waals surface area contributed by atoms with E-state index < -0.39 is 0 Å². The first kappa shape index (κ1) is 16.7. The van der Waals surface area contributed by atoms with E-state index >= 15 is 0 Å². The quantitative estimate of drug-likeness (QED) is 0.854. The Balaban J connectivity index is 1.77. The van der Waals surface area contributed by atoms with Gasteiger partial charge in [-0.2, -0.15) is 0 Å². The van der Waals surface area contributed by atoms with Crippen LogP contribution in [-0.4, -0.2) is 29.9 Å². The molecule has 0 spiro atoms. The summed E-state index contributed by atoms with van der Waals surface area (Å²) in [6.45, 7) is 5.68. The molecule has 0 unspecified atom stereocenters. The van der Waals surface area contributed by atoms with E-state index in [1.54, 1.807) is 11.3 Å². The summed E-state index contributed by atoms with van der Waals surface area (Å²) in [6, 6.07) is 7.05. The number of thiophene rings is 2. The fourth-order valence-corrected chi connectivity index (χ4v) is 5.05. The standard InChI is InChI=1S/C18H24N2OS2/c1-3-13(4-2)19-17(21)12-20-9-7-15-14(8-11-23-15)18(20)16-6-5-10-22-16/h5-6,8,10-11,13,18H,3-4,7,9,12H2,1-2H3,(H,19,21)/t18-/m0/s1. The fourth-order valence-electron chi connectivity index (χ4n) is 3.27. The molecular formula is C18H24N2OS2. The third kappa shape index (κ3) is 3.67. The van der Waals surface area contributed by atoms with Gasteiger partial charge in [0.2, 0.25) is 5.91 Å². The lowest BCUT2D eigenvalue weighted by Gasteiger charge is -2.35. The topological polar surface area (TPSA) is 32.3 Å². The lowest BCUT2D eigenvalue weighted by molar-refractivity contribution is -0.123. The van der Waals surface area contributed by atoms with Crippen LogP contribution in [0.4, 0.5) is 0 Å². The smallest absolute Gasteiger partial charge is 0.234 e. The van der Waals surface area contributed by atoms with Gasteiger partial charge in [0.1, 0.15) is 0 Å². The Morgan fingerprint density at radius 1 is 1.30 bits per heavy atom. The SMILES string of the molecule is CCC(CC)NC(=O)CN1CCc2sccc2[C@H]1c1cccs1. The Hall–Kier alpha value is -1.17. The second-order valence-corrected chi connectivity index (χ2v) is 8.00. The number of carbonyl (C=O) groups is 1. The molecule has 124 valence electrons. The monoisotopic (exact) mass is 348 g/mol. The van der Waals surface area contributed by atoms with E-state index in [1.807, 2.05) is 11.3 Å². The van der Waals surface area contributed by atoms with Gasteiger partial charge in [-0.3, -0.25) is 9.69 Å². The number of hydrogen-bond donors (Lipinski definition) is 1. The first-order valence-corrected chi connectivity index (χ1v) is 10.1. The Labute approximate surface area is 146 Å². The molecular weight excluding hydrogens is 324 g/mol. The van der Waals surface area contributed by atoms with Crippen LogP contribution in [0.25, 0.3) is 0 Å². The van der Waals surface area contributed by atoms with E-state index in [9.17, 15) is 4.79 Å². The molecule has 1 aliphatic heterocycles. The van der Waals surface area contributed by atoms with Crippen LogP contribution in [-0.2, 0) is 11.2 Å². The van der Waals surface area contributed by atoms with Crippen molar-refractivity contribution in [2.75, 3.05) is 13.1 Å². The fraction of sp³-hybridized carbons (Fsp3) is 0.500. The maximum Gasteiger partial charge on any atom is 0.234 e. The molecule has 1 amide bonds. The van der Waals surface area contributed by atoms with Crippen LogP contribution in [0.2, 0.25) is 0 Å². The average Bonchev–Trinajstić information content (AvgIpc) is 3.23. The number of carbonyl (C=O) groups excluding carboxylic acids is 1. The summed E-state index contributed by atoms with van der Waals surface area (Å²) in [5.74, 6) is 0.152. The first-order chi connectivity index (χ1) is 11.2. The van der Waals surface area contributed by atoms with E-state index in [4.69, 9.17) is 0 Å². The van der Waals surface area contributed by atoms with E-state index in [1.165, 1.54) is 15.3 Å². The highest BCUT2D eigenvalue weighted by Gasteiger charge is 2.31. The van der Waals surface area contributed by atoms with Crippen LogP contribution < -0.4 is 5.32 Å². The van der Waals surface area contributed by atoms with Crippen LogP contribution >= 0.6 is 22.7 Å². The zero-order valence-corrected chi connectivity index (χ0v) is 15.4. The molecule has 1 N–H and O–H groups in total. The van der Waals surface area contributed by atoms with E-state index in [0.717, 1.165) is 25.8 Å². The highest BCUT2D eigenvalue weighted by molar-refractivity contribution is 7.10. The molecule has 3 rings (SSSR count). The van der Waals surface area contributed by atoms with Gasteiger partial charge in [-0.1, -0.05) is 19.9 Å². The van der Waals surface area contributed by atoms with Gasteiger partial charge >= 0.3 is 0 Å². The van der Waals surface area contributed by atoms with Gasteiger partial charge in [-0.25, -0.2) is 0 Å². The first-order valence-electron chi connectivity index (χ1n) is 8.36. The molecule has 0 saturated carbocycles. The van der Waals surface area contributed by atoms with Crippen molar-refractivity contribution >= 4 is 28.6 Å². The minimum Gasteiger partial charge on any atom is -0.352 e. The molecule has 2 aromatic rings. The highest BCUT2D eigenvalue weighted by Crippen LogP contribution is 2.39. The summed E-state index contributed by atoms with van der Waals surface area (Å²) in [5.41, 5.74) is 1.39. The number of rotatable bonds is 6. The summed E-state index contributed by atoms with van der Waals surface area (Å²) < 4.78 is 0. The van der Waals surface area contributed by atoms with Crippen LogP contribution in [0.5, 0.6) is 0 Å². The Morgan fingerprint density at radius 3 is 2.83 bits per heavy atom. The molecule has 23 heavy (non-hydrogen) atoms. The Bertz CT molecular complexity index is 631. The van der Waals surface area contributed by atoms with Gasteiger partial charge in [-0.05, 0) is 47.7 Å². The number of nitrogens with one attached hydrogen (secondary N) is 1. The van der Waals surface area contributed by atoms with Gasteiger partial charge < -0.3 is 5.32 Å². The number of nitrogens with zero attached hydrogens (tertiary/aromatic N) is 1. The molecule has 3 nitrogen and oxygen atoms in total. The Morgan fingerprint density at radius 2 is 2.13 bits per heavy atom. The van der Waals surface area contributed by atoms with Crippen LogP contribution in [0, 0.1) is 0 Å². The second kappa shape index (κ2) is 7.60. The van der Waals surface area contributed by atoms with Crippen molar-refractivity contribution in [3.63, 3.8) is 0 Å². The van der Waals surface area contributed by atoms with E-state index in [2.05, 4.69) is 53.0 Å². The molecule has 0 radical (unpaired) electrons. The molecule has 0 aromatic carbocycles. The Kier molecular flexibility index (Phi) is 5.51. The molecule has 1 atom stereocenters. The van der Waals surface area contributed by atoms with Crippen molar-refractivity contribution in [3.05, 3.63) is 44.3 Å². The maximum atomic E-state index is 12.5. The maximum absolute atomic E-state index is 12.5. The minimum absolute atomic E-state index is 0.152. The van der Waals surface area contributed by atoms with Crippen molar-refractivity contribution in [2.45, 2.75) is 45.2 Å². The average molecular weight is 349 g/mol.